The number of nitrogens with two attached hydrogens (primary N) is 1. The zero-order valence-electron chi connectivity index (χ0n) is 6.25. The van der Waals surface area contributed by atoms with Gasteiger partial charge in [-0.15, -0.1) is 5.10 Å². The predicted molar refractivity (Wildman–Crippen MR) is 43.4 cm³/mol. The average molecular weight is 161 g/mol. The highest BCUT2D eigenvalue weighted by Crippen LogP contribution is 2.07. The molecule has 12 heavy (non-hydrogen) atoms. The summed E-state index contributed by atoms with van der Waals surface area (Å²) >= 11 is 0. The molecule has 0 saturated carbocycles. The second kappa shape index (κ2) is 2.61. The van der Waals surface area contributed by atoms with Crippen LogP contribution in [0.4, 0.5) is 0 Å². The maximum atomic E-state index is 5.37. The van der Waals surface area contributed by atoms with Crippen LogP contribution in [0.5, 0.6) is 0 Å². The summed E-state index contributed by atoms with van der Waals surface area (Å²) in [5, 5.41) is 3.95. The molecule has 0 aliphatic rings. The summed E-state index contributed by atoms with van der Waals surface area (Å²) in [7, 11) is 0. The Labute approximate surface area is 68.8 Å². The SMILES string of the molecule is Nn1ccc(-c2ncccn2)n1. The van der Waals surface area contributed by atoms with Crippen molar-refractivity contribution in [2.24, 2.45) is 0 Å². The van der Waals surface area contributed by atoms with E-state index >= 15 is 0 Å². The monoisotopic (exact) mass is 161 g/mol. The van der Waals surface area contributed by atoms with Gasteiger partial charge in [0, 0.05) is 18.6 Å². The van der Waals surface area contributed by atoms with Gasteiger partial charge >= 0.3 is 0 Å². The molecule has 2 N–H and O–H groups in total. The highest BCUT2D eigenvalue weighted by Gasteiger charge is 2.01. The third kappa shape index (κ3) is 1.12. The lowest BCUT2D eigenvalue weighted by Gasteiger charge is -1.91. The minimum Gasteiger partial charge on any atom is -0.323 e. The third-order valence-corrected chi connectivity index (χ3v) is 1.40. The summed E-state index contributed by atoms with van der Waals surface area (Å²) in [6, 6.07) is 3.51. The molecule has 5 heteroatoms. The summed E-state index contributed by atoms with van der Waals surface area (Å²) in [5.41, 5.74) is 0.679. The Hall–Kier alpha value is -1.91. The van der Waals surface area contributed by atoms with Gasteiger partial charge < -0.3 is 5.84 Å². The zero-order valence-corrected chi connectivity index (χ0v) is 6.25. The van der Waals surface area contributed by atoms with Crippen LogP contribution in [-0.4, -0.2) is 19.9 Å². The van der Waals surface area contributed by atoms with Gasteiger partial charge in [-0.05, 0) is 12.1 Å². The predicted octanol–water partition coefficient (Wildman–Crippen LogP) is 0.0539. The van der Waals surface area contributed by atoms with E-state index in [2.05, 4.69) is 15.1 Å². The van der Waals surface area contributed by atoms with Crippen molar-refractivity contribution >= 4 is 0 Å². The third-order valence-electron chi connectivity index (χ3n) is 1.40. The van der Waals surface area contributed by atoms with Gasteiger partial charge in [0.25, 0.3) is 0 Å². The van der Waals surface area contributed by atoms with E-state index in [0.29, 0.717) is 11.5 Å². The lowest BCUT2D eigenvalue weighted by Crippen LogP contribution is -2.07. The molecule has 0 spiro atoms. The van der Waals surface area contributed by atoms with Crippen molar-refractivity contribution in [3.63, 3.8) is 0 Å². The Bertz CT molecular complexity index is 366. The van der Waals surface area contributed by atoms with Crippen LogP contribution in [0.2, 0.25) is 0 Å². The molecule has 0 amide bonds. The zero-order chi connectivity index (χ0) is 8.39. The largest absolute Gasteiger partial charge is 0.323 e. The smallest absolute Gasteiger partial charge is 0.180 e. The fourth-order valence-corrected chi connectivity index (χ4v) is 0.889. The molecule has 0 aliphatic carbocycles. The molecular weight excluding hydrogens is 154 g/mol. The van der Waals surface area contributed by atoms with Gasteiger partial charge in [0.15, 0.2) is 5.82 Å². The lowest BCUT2D eigenvalue weighted by molar-refractivity contribution is 0.832. The summed E-state index contributed by atoms with van der Waals surface area (Å²) < 4.78 is 0. The minimum atomic E-state index is 0.585. The number of rotatable bonds is 1. The molecule has 2 aromatic heterocycles. The summed E-state index contributed by atoms with van der Waals surface area (Å²) in [5.74, 6) is 5.95. The van der Waals surface area contributed by atoms with Crippen molar-refractivity contribution < 1.29 is 0 Å². The van der Waals surface area contributed by atoms with Gasteiger partial charge in [0.1, 0.15) is 5.69 Å². The van der Waals surface area contributed by atoms with Crippen molar-refractivity contribution in [3.05, 3.63) is 30.7 Å². The van der Waals surface area contributed by atoms with E-state index in [-0.39, 0.29) is 0 Å². The molecule has 2 rings (SSSR count). The first-order valence-corrected chi connectivity index (χ1v) is 3.44. The molecular formula is C7H7N5. The maximum Gasteiger partial charge on any atom is 0.180 e. The average Bonchev–Trinajstić information content (AvgIpc) is 2.54. The van der Waals surface area contributed by atoms with E-state index in [1.54, 1.807) is 30.7 Å². The first-order chi connectivity index (χ1) is 5.86. The first-order valence-electron chi connectivity index (χ1n) is 3.44. The van der Waals surface area contributed by atoms with Gasteiger partial charge in [-0.2, -0.15) is 4.79 Å². The van der Waals surface area contributed by atoms with Crippen LogP contribution in [0.1, 0.15) is 0 Å². The Morgan fingerprint density at radius 1 is 1.25 bits per heavy atom. The topological polar surface area (TPSA) is 69.6 Å². The van der Waals surface area contributed by atoms with Crippen LogP contribution in [-0.2, 0) is 0 Å². The van der Waals surface area contributed by atoms with Crippen molar-refractivity contribution in [1.82, 2.24) is 19.9 Å². The standard InChI is InChI=1S/C7H7N5/c8-12-5-2-6(11-12)7-9-3-1-4-10-7/h1-5H,8H2. The Kier molecular flexibility index (Phi) is 1.48. The van der Waals surface area contributed by atoms with Crippen molar-refractivity contribution in [2.75, 3.05) is 5.84 Å². The maximum absolute atomic E-state index is 5.37. The quantitative estimate of drug-likeness (QED) is 0.600. The molecule has 2 aromatic rings. The van der Waals surface area contributed by atoms with Crippen LogP contribution in [0, 0.1) is 0 Å². The number of nitrogen functional groups attached to an aromatic ring is 1. The van der Waals surface area contributed by atoms with Gasteiger partial charge in [-0.25, -0.2) is 9.97 Å². The van der Waals surface area contributed by atoms with Crippen LogP contribution in [0.3, 0.4) is 0 Å². The molecule has 0 fully saturated rings. The normalized spacial score (nSPS) is 10.0. The molecule has 0 radical (unpaired) electrons. The molecule has 5 nitrogen and oxygen atoms in total. The van der Waals surface area contributed by atoms with Gasteiger partial charge in [-0.1, -0.05) is 0 Å². The Morgan fingerprint density at radius 2 is 2.00 bits per heavy atom. The van der Waals surface area contributed by atoms with Crippen molar-refractivity contribution in [1.29, 1.82) is 0 Å². The number of nitrogens with zero attached hydrogens (tertiary/aromatic N) is 4. The molecule has 0 bridgehead atoms. The fourth-order valence-electron chi connectivity index (χ4n) is 0.889. The van der Waals surface area contributed by atoms with E-state index < -0.39 is 0 Å². The number of aromatic nitrogens is 4. The van der Waals surface area contributed by atoms with Crippen LogP contribution >= 0.6 is 0 Å². The summed E-state index contributed by atoms with van der Waals surface area (Å²) in [6.07, 6.45) is 4.97. The van der Waals surface area contributed by atoms with E-state index in [4.69, 9.17) is 5.84 Å². The van der Waals surface area contributed by atoms with Gasteiger partial charge in [0.2, 0.25) is 0 Å². The van der Waals surface area contributed by atoms with Crippen LogP contribution < -0.4 is 5.84 Å². The second-order valence-electron chi connectivity index (χ2n) is 2.25. The first kappa shape index (κ1) is 6.78. The van der Waals surface area contributed by atoms with E-state index in [0.717, 1.165) is 0 Å². The second-order valence-corrected chi connectivity index (χ2v) is 2.25. The fraction of sp³-hybridized carbons (Fsp3) is 0. The van der Waals surface area contributed by atoms with Crippen molar-refractivity contribution in [3.8, 4) is 11.5 Å². The molecule has 60 valence electrons. The van der Waals surface area contributed by atoms with E-state index in [9.17, 15) is 0 Å². The Balaban J connectivity index is 2.45. The summed E-state index contributed by atoms with van der Waals surface area (Å²) in [6.45, 7) is 0. The van der Waals surface area contributed by atoms with Gasteiger partial charge in [0.05, 0.1) is 0 Å². The van der Waals surface area contributed by atoms with E-state index in [1.807, 2.05) is 0 Å². The van der Waals surface area contributed by atoms with Crippen molar-refractivity contribution in [2.45, 2.75) is 0 Å². The molecule has 0 atom stereocenters. The minimum absolute atomic E-state index is 0.585. The molecule has 0 aromatic carbocycles. The highest BCUT2D eigenvalue weighted by atomic mass is 15.5. The summed E-state index contributed by atoms with van der Waals surface area (Å²) in [4.78, 5) is 9.27. The number of hydrogen-bond donors (Lipinski definition) is 1. The Morgan fingerprint density at radius 3 is 2.58 bits per heavy atom. The van der Waals surface area contributed by atoms with Gasteiger partial charge in [-0.3, -0.25) is 0 Å². The highest BCUT2D eigenvalue weighted by molar-refractivity contribution is 5.46. The van der Waals surface area contributed by atoms with Crippen LogP contribution in [0.15, 0.2) is 30.7 Å². The molecule has 2 heterocycles. The molecule has 0 unspecified atom stereocenters. The lowest BCUT2D eigenvalue weighted by atomic mass is 10.4. The van der Waals surface area contributed by atoms with E-state index in [1.165, 1.54) is 4.79 Å². The molecule has 0 aliphatic heterocycles. The molecule has 0 saturated heterocycles. The van der Waals surface area contributed by atoms with Crippen LogP contribution in [0.25, 0.3) is 11.5 Å². The number of hydrogen-bond acceptors (Lipinski definition) is 4.